The molecule has 0 aromatic carbocycles. The van der Waals surface area contributed by atoms with Crippen molar-refractivity contribution in [3.63, 3.8) is 0 Å². The van der Waals surface area contributed by atoms with Gasteiger partial charge in [0.15, 0.2) is 0 Å². The first-order valence-corrected chi connectivity index (χ1v) is 4.94. The number of rotatable bonds is 5. The zero-order valence-corrected chi connectivity index (χ0v) is 10.1. The lowest BCUT2D eigenvalue weighted by molar-refractivity contribution is 0.176. The highest BCUT2D eigenvalue weighted by molar-refractivity contribution is 6.17. The van der Waals surface area contributed by atoms with Crippen LogP contribution in [0.3, 0.4) is 0 Å². The van der Waals surface area contributed by atoms with Gasteiger partial charge in [0.2, 0.25) is 0 Å². The molecule has 0 saturated heterocycles. The second kappa shape index (κ2) is 8.15. The van der Waals surface area contributed by atoms with Crippen molar-refractivity contribution >= 4 is 24.0 Å². The Morgan fingerprint density at radius 3 is 1.75 bits per heavy atom. The molecule has 0 amide bonds. The Hall–Kier alpha value is 0.540. The summed E-state index contributed by atoms with van der Waals surface area (Å²) in [7, 11) is 0. The van der Waals surface area contributed by atoms with Crippen molar-refractivity contribution in [3.05, 3.63) is 0 Å². The van der Waals surface area contributed by atoms with Gasteiger partial charge in [-0.15, -0.1) is 24.0 Å². The molecule has 0 bridgehead atoms. The fourth-order valence-electron chi connectivity index (χ4n) is 1.36. The number of alkyl halides is 1. The molecular weight excluding hydrogens is 193 g/mol. The summed E-state index contributed by atoms with van der Waals surface area (Å²) in [5.74, 6) is 0.774. The monoisotopic (exact) mass is 213 g/mol. The highest BCUT2D eigenvalue weighted by Gasteiger charge is 2.11. The number of hydrogen-bond donors (Lipinski definition) is 0. The van der Waals surface area contributed by atoms with Gasteiger partial charge < -0.3 is 0 Å². The highest BCUT2D eigenvalue weighted by atomic mass is 35.5. The van der Waals surface area contributed by atoms with E-state index in [2.05, 4.69) is 32.6 Å². The average Bonchev–Trinajstić information content (AvgIpc) is 1.87. The minimum atomic E-state index is 0. The molecule has 0 fully saturated rings. The first-order valence-electron chi connectivity index (χ1n) is 4.41. The Bertz CT molecular complexity index is 86.5. The summed E-state index contributed by atoms with van der Waals surface area (Å²) in [6.07, 6.45) is 1.10. The van der Waals surface area contributed by atoms with Crippen LogP contribution in [0.4, 0.5) is 0 Å². The van der Waals surface area contributed by atoms with Gasteiger partial charge in [-0.2, -0.15) is 0 Å². The van der Waals surface area contributed by atoms with Crippen LogP contribution in [0.1, 0.15) is 34.1 Å². The molecule has 0 N–H and O–H groups in total. The normalized spacial score (nSPS) is 11.0. The molecule has 76 valence electrons. The summed E-state index contributed by atoms with van der Waals surface area (Å²) in [5, 5.41) is 0. The van der Waals surface area contributed by atoms with Crippen LogP contribution < -0.4 is 0 Å². The minimum Gasteiger partial charge on any atom is -0.298 e. The van der Waals surface area contributed by atoms with E-state index in [0.717, 1.165) is 18.8 Å². The second-order valence-corrected chi connectivity index (χ2v) is 3.85. The molecule has 0 aromatic heterocycles. The lowest BCUT2D eigenvalue weighted by atomic mass is 10.2. The molecule has 0 aliphatic carbocycles. The van der Waals surface area contributed by atoms with Crippen LogP contribution in [-0.2, 0) is 0 Å². The smallest absolute Gasteiger partial charge is 0.0235 e. The molecule has 0 radical (unpaired) electrons. The van der Waals surface area contributed by atoms with E-state index in [1.54, 1.807) is 0 Å². The lowest BCUT2D eigenvalue weighted by Gasteiger charge is -2.30. The van der Waals surface area contributed by atoms with E-state index < -0.39 is 0 Å². The number of hydrogen-bond acceptors (Lipinski definition) is 1. The Labute approximate surface area is 87.9 Å². The van der Waals surface area contributed by atoms with Crippen LogP contribution in [0.5, 0.6) is 0 Å². The molecule has 12 heavy (non-hydrogen) atoms. The van der Waals surface area contributed by atoms with Gasteiger partial charge in [-0.05, 0) is 40.7 Å². The van der Waals surface area contributed by atoms with Crippen molar-refractivity contribution in [3.8, 4) is 0 Å². The molecule has 0 atom stereocenters. The third kappa shape index (κ3) is 6.10. The molecule has 1 nitrogen and oxygen atoms in total. The van der Waals surface area contributed by atoms with Gasteiger partial charge in [0.05, 0.1) is 0 Å². The van der Waals surface area contributed by atoms with E-state index in [9.17, 15) is 0 Å². The van der Waals surface area contributed by atoms with Crippen molar-refractivity contribution < 1.29 is 0 Å². The summed E-state index contributed by atoms with van der Waals surface area (Å²) >= 11 is 5.63. The zero-order valence-electron chi connectivity index (χ0n) is 8.51. The maximum absolute atomic E-state index is 5.63. The van der Waals surface area contributed by atoms with E-state index in [4.69, 9.17) is 11.6 Å². The summed E-state index contributed by atoms with van der Waals surface area (Å²) in [6.45, 7) is 10.0. The van der Waals surface area contributed by atoms with Crippen LogP contribution in [-0.4, -0.2) is 29.4 Å². The molecule has 0 unspecified atom stereocenters. The zero-order chi connectivity index (χ0) is 8.85. The van der Waals surface area contributed by atoms with Gasteiger partial charge in [-0.3, -0.25) is 4.90 Å². The van der Waals surface area contributed by atoms with Gasteiger partial charge >= 0.3 is 0 Å². The van der Waals surface area contributed by atoms with E-state index in [0.29, 0.717) is 12.1 Å². The Kier molecular flexibility index (Phi) is 10.2. The van der Waals surface area contributed by atoms with Crippen LogP contribution in [0, 0.1) is 0 Å². The van der Waals surface area contributed by atoms with Gasteiger partial charge in [0.25, 0.3) is 0 Å². The third-order valence-electron chi connectivity index (χ3n) is 1.88. The van der Waals surface area contributed by atoms with E-state index in [1.807, 2.05) is 0 Å². The van der Waals surface area contributed by atoms with Gasteiger partial charge in [-0.1, -0.05) is 0 Å². The third-order valence-corrected chi connectivity index (χ3v) is 2.14. The molecular formula is C9H21Cl2N. The maximum atomic E-state index is 5.63. The van der Waals surface area contributed by atoms with E-state index in [1.165, 1.54) is 0 Å². The van der Waals surface area contributed by atoms with Crippen LogP contribution in [0.15, 0.2) is 0 Å². The number of halogens is 2. The Morgan fingerprint density at radius 2 is 1.50 bits per heavy atom. The predicted octanol–water partition coefficient (Wildman–Crippen LogP) is 3.16. The minimum absolute atomic E-state index is 0. The SMILES string of the molecule is CC(C)N(CCCCl)C(C)C.Cl. The molecule has 0 aliphatic heterocycles. The predicted molar refractivity (Wildman–Crippen MR) is 59.6 cm³/mol. The quantitative estimate of drug-likeness (QED) is 0.635. The van der Waals surface area contributed by atoms with Crippen LogP contribution in [0.2, 0.25) is 0 Å². The molecule has 3 heteroatoms. The standard InChI is InChI=1S/C9H20ClN.ClH/c1-8(2)11(9(3)4)7-5-6-10;/h8-9H,5-7H2,1-4H3;1H. The fraction of sp³-hybridized carbons (Fsp3) is 1.00. The number of nitrogens with zero attached hydrogens (tertiary/aromatic N) is 1. The lowest BCUT2D eigenvalue weighted by Crippen LogP contribution is -2.37. The Balaban J connectivity index is 0. The van der Waals surface area contributed by atoms with Crippen molar-refractivity contribution in [1.82, 2.24) is 4.90 Å². The molecule has 0 aliphatic rings. The van der Waals surface area contributed by atoms with Gasteiger partial charge in [0.1, 0.15) is 0 Å². The molecule has 0 heterocycles. The maximum Gasteiger partial charge on any atom is 0.0235 e. The molecule has 0 spiro atoms. The first kappa shape index (κ1) is 15.0. The second-order valence-electron chi connectivity index (χ2n) is 3.47. The fourth-order valence-corrected chi connectivity index (χ4v) is 1.47. The largest absolute Gasteiger partial charge is 0.298 e. The summed E-state index contributed by atoms with van der Waals surface area (Å²) in [4.78, 5) is 2.46. The van der Waals surface area contributed by atoms with Crippen molar-refractivity contribution in [2.45, 2.75) is 46.2 Å². The first-order chi connectivity index (χ1) is 5.09. The van der Waals surface area contributed by atoms with Crippen molar-refractivity contribution in [2.75, 3.05) is 12.4 Å². The van der Waals surface area contributed by atoms with E-state index >= 15 is 0 Å². The van der Waals surface area contributed by atoms with E-state index in [-0.39, 0.29) is 12.4 Å². The van der Waals surface area contributed by atoms with Gasteiger partial charge in [0, 0.05) is 18.0 Å². The summed E-state index contributed by atoms with van der Waals surface area (Å²) in [5.41, 5.74) is 0. The molecule has 0 aromatic rings. The Morgan fingerprint density at radius 1 is 1.08 bits per heavy atom. The van der Waals surface area contributed by atoms with Gasteiger partial charge in [-0.25, -0.2) is 0 Å². The van der Waals surface area contributed by atoms with Crippen LogP contribution >= 0.6 is 24.0 Å². The topological polar surface area (TPSA) is 3.24 Å². The highest BCUT2D eigenvalue weighted by Crippen LogP contribution is 2.05. The molecule has 0 rings (SSSR count). The summed E-state index contributed by atoms with van der Waals surface area (Å²) < 4.78 is 0. The van der Waals surface area contributed by atoms with Crippen molar-refractivity contribution in [1.29, 1.82) is 0 Å². The average molecular weight is 214 g/mol. The van der Waals surface area contributed by atoms with Crippen molar-refractivity contribution in [2.24, 2.45) is 0 Å². The van der Waals surface area contributed by atoms with Crippen LogP contribution in [0.25, 0.3) is 0 Å². The summed E-state index contributed by atoms with van der Waals surface area (Å²) in [6, 6.07) is 1.27. The molecule has 0 saturated carbocycles.